The van der Waals surface area contributed by atoms with E-state index in [-0.39, 0.29) is 23.7 Å². The number of nitrogens with zero attached hydrogens (tertiary/aromatic N) is 1. The number of likely N-dealkylation sites (tertiary alicyclic amines) is 1. The van der Waals surface area contributed by atoms with Gasteiger partial charge < -0.3 is 14.8 Å². The molecule has 0 bridgehead atoms. The number of benzene rings is 1. The van der Waals surface area contributed by atoms with E-state index in [9.17, 15) is 19.2 Å². The van der Waals surface area contributed by atoms with Crippen molar-refractivity contribution in [2.75, 3.05) is 19.0 Å². The quantitative estimate of drug-likeness (QED) is 0.588. The topological polar surface area (TPSA) is 102 Å². The molecule has 150 valence electrons. The Morgan fingerprint density at radius 2 is 1.68 bits per heavy atom. The number of nitrogens with one attached hydrogen (secondary N) is 1. The van der Waals surface area contributed by atoms with Crippen molar-refractivity contribution >= 4 is 29.4 Å². The Morgan fingerprint density at radius 3 is 2.21 bits per heavy atom. The van der Waals surface area contributed by atoms with Crippen LogP contribution >= 0.6 is 0 Å². The highest BCUT2D eigenvalue weighted by Gasteiger charge is 2.51. The van der Waals surface area contributed by atoms with E-state index >= 15 is 0 Å². The van der Waals surface area contributed by atoms with E-state index in [4.69, 9.17) is 9.47 Å². The fourth-order valence-electron chi connectivity index (χ4n) is 3.80. The zero-order valence-electron chi connectivity index (χ0n) is 16.0. The average Bonchev–Trinajstić information content (AvgIpc) is 2.97. The van der Waals surface area contributed by atoms with Gasteiger partial charge in [0.1, 0.15) is 11.8 Å². The van der Waals surface area contributed by atoms with Crippen LogP contribution in [0.4, 0.5) is 5.69 Å². The molecule has 2 aliphatic rings. The van der Waals surface area contributed by atoms with E-state index < -0.39 is 24.5 Å². The molecule has 28 heavy (non-hydrogen) atoms. The van der Waals surface area contributed by atoms with Crippen LogP contribution in [0.2, 0.25) is 0 Å². The summed E-state index contributed by atoms with van der Waals surface area (Å²) in [5, 5.41) is 2.60. The summed E-state index contributed by atoms with van der Waals surface area (Å²) in [7, 11) is 1.54. The van der Waals surface area contributed by atoms with Crippen LogP contribution < -0.4 is 10.1 Å². The van der Waals surface area contributed by atoms with Crippen LogP contribution in [0.25, 0.3) is 0 Å². The van der Waals surface area contributed by atoms with E-state index in [1.807, 2.05) is 0 Å². The summed E-state index contributed by atoms with van der Waals surface area (Å²) in [5.41, 5.74) is 0.531. The van der Waals surface area contributed by atoms with Gasteiger partial charge in [0.2, 0.25) is 11.8 Å². The van der Waals surface area contributed by atoms with Crippen LogP contribution in [0.15, 0.2) is 24.3 Å². The Labute approximate surface area is 163 Å². The molecular weight excluding hydrogens is 364 g/mol. The third kappa shape index (κ3) is 4.00. The number of imide groups is 1. The minimum atomic E-state index is -1.04. The van der Waals surface area contributed by atoms with Gasteiger partial charge in [0, 0.05) is 5.69 Å². The third-order valence-electron chi connectivity index (χ3n) is 5.32. The Balaban J connectivity index is 1.53. The fourth-order valence-corrected chi connectivity index (χ4v) is 3.80. The average molecular weight is 388 g/mol. The molecule has 8 nitrogen and oxygen atoms in total. The molecule has 1 aromatic rings. The van der Waals surface area contributed by atoms with Gasteiger partial charge in [0.15, 0.2) is 6.61 Å². The first-order valence-corrected chi connectivity index (χ1v) is 9.40. The molecule has 2 fully saturated rings. The molecule has 0 aromatic heterocycles. The highest BCUT2D eigenvalue weighted by Crippen LogP contribution is 2.38. The lowest BCUT2D eigenvalue weighted by molar-refractivity contribution is -0.159. The lowest BCUT2D eigenvalue weighted by Crippen LogP contribution is -2.45. The standard InChI is InChI=1S/C20H24N2O6/c1-12(22-18(24)15-5-3-4-6-16(15)19(22)25)20(26)28-11-17(23)21-13-7-9-14(27-2)10-8-13/h7-10,12,15-16H,3-6,11H2,1-2H3,(H,21,23)/t12-,15-,16+/m0/s1. The zero-order valence-corrected chi connectivity index (χ0v) is 16.0. The van der Waals surface area contributed by atoms with Crippen LogP contribution in [0, 0.1) is 11.8 Å². The third-order valence-corrected chi connectivity index (χ3v) is 5.32. The Hall–Kier alpha value is -2.90. The zero-order chi connectivity index (χ0) is 20.3. The summed E-state index contributed by atoms with van der Waals surface area (Å²) in [6.07, 6.45) is 3.19. The maximum absolute atomic E-state index is 12.5. The lowest BCUT2D eigenvalue weighted by Gasteiger charge is -2.21. The minimum absolute atomic E-state index is 0.304. The second-order valence-electron chi connectivity index (χ2n) is 7.10. The van der Waals surface area contributed by atoms with Gasteiger partial charge in [-0.1, -0.05) is 12.8 Å². The smallest absolute Gasteiger partial charge is 0.329 e. The molecule has 8 heteroatoms. The van der Waals surface area contributed by atoms with Crippen LogP contribution in [0.1, 0.15) is 32.6 Å². The maximum Gasteiger partial charge on any atom is 0.329 e. The van der Waals surface area contributed by atoms with Gasteiger partial charge in [0.25, 0.3) is 5.91 Å². The van der Waals surface area contributed by atoms with E-state index in [0.29, 0.717) is 24.3 Å². The normalized spacial score (nSPS) is 22.4. The Kier molecular flexibility index (Phi) is 5.96. The Morgan fingerprint density at radius 1 is 1.11 bits per heavy atom. The first kappa shape index (κ1) is 19.9. The summed E-state index contributed by atoms with van der Waals surface area (Å²) in [4.78, 5) is 50.4. The van der Waals surface area contributed by atoms with Gasteiger partial charge in [-0.05, 0) is 44.0 Å². The maximum atomic E-state index is 12.5. The van der Waals surface area contributed by atoms with Gasteiger partial charge in [-0.25, -0.2) is 4.79 Å². The predicted molar refractivity (Wildman–Crippen MR) is 99.3 cm³/mol. The molecule has 1 saturated heterocycles. The van der Waals surface area contributed by atoms with Crippen molar-refractivity contribution in [3.05, 3.63) is 24.3 Å². The predicted octanol–water partition coefficient (Wildman–Crippen LogP) is 1.74. The molecular formula is C20H24N2O6. The second-order valence-corrected chi connectivity index (χ2v) is 7.10. The van der Waals surface area contributed by atoms with Crippen molar-refractivity contribution in [1.82, 2.24) is 4.90 Å². The van der Waals surface area contributed by atoms with Crippen LogP contribution in [0.3, 0.4) is 0 Å². The van der Waals surface area contributed by atoms with Crippen LogP contribution in [-0.4, -0.2) is 48.3 Å². The Bertz CT molecular complexity index is 751. The second kappa shape index (κ2) is 8.41. The highest BCUT2D eigenvalue weighted by atomic mass is 16.5. The van der Waals surface area contributed by atoms with Crippen molar-refractivity contribution in [3.63, 3.8) is 0 Å². The largest absolute Gasteiger partial charge is 0.497 e. The van der Waals surface area contributed by atoms with E-state index in [0.717, 1.165) is 17.7 Å². The first-order valence-electron chi connectivity index (χ1n) is 9.40. The molecule has 1 aliphatic carbocycles. The number of hydrogen-bond acceptors (Lipinski definition) is 6. The summed E-state index contributed by atoms with van der Waals surface area (Å²) >= 11 is 0. The number of rotatable bonds is 6. The molecule has 1 aliphatic heterocycles. The van der Waals surface area contributed by atoms with Crippen molar-refractivity contribution in [1.29, 1.82) is 0 Å². The summed E-state index contributed by atoms with van der Waals surface area (Å²) in [6, 6.07) is 5.65. The highest BCUT2D eigenvalue weighted by molar-refractivity contribution is 6.08. The van der Waals surface area contributed by atoms with Gasteiger partial charge in [-0.15, -0.1) is 0 Å². The van der Waals surface area contributed by atoms with Gasteiger partial charge in [0.05, 0.1) is 18.9 Å². The molecule has 0 spiro atoms. The molecule has 3 rings (SSSR count). The lowest BCUT2D eigenvalue weighted by atomic mass is 9.81. The molecule has 3 amide bonds. The van der Waals surface area contributed by atoms with Gasteiger partial charge in [-0.3, -0.25) is 19.3 Å². The fraction of sp³-hybridized carbons (Fsp3) is 0.500. The van der Waals surface area contributed by atoms with Crippen molar-refractivity contribution < 1.29 is 28.7 Å². The summed E-state index contributed by atoms with van der Waals surface area (Å²) in [6.45, 7) is 0.953. The monoisotopic (exact) mass is 388 g/mol. The molecule has 0 radical (unpaired) electrons. The van der Waals surface area contributed by atoms with Crippen molar-refractivity contribution in [2.24, 2.45) is 11.8 Å². The number of methoxy groups -OCH3 is 1. The molecule has 1 aromatic carbocycles. The first-order chi connectivity index (χ1) is 13.4. The van der Waals surface area contributed by atoms with Crippen LogP contribution in [-0.2, 0) is 23.9 Å². The van der Waals surface area contributed by atoms with Gasteiger partial charge in [-0.2, -0.15) is 0 Å². The van der Waals surface area contributed by atoms with E-state index in [1.54, 1.807) is 31.4 Å². The van der Waals surface area contributed by atoms with Gasteiger partial charge >= 0.3 is 5.97 Å². The number of amides is 3. The molecule has 1 saturated carbocycles. The molecule has 3 atom stereocenters. The number of esters is 1. The number of carbonyl (C=O) groups is 4. The van der Waals surface area contributed by atoms with Crippen molar-refractivity contribution in [2.45, 2.75) is 38.6 Å². The summed E-state index contributed by atoms with van der Waals surface area (Å²) < 4.78 is 10.1. The molecule has 0 unspecified atom stereocenters. The molecule has 1 N–H and O–H groups in total. The summed E-state index contributed by atoms with van der Waals surface area (Å²) in [5.74, 6) is -1.89. The van der Waals surface area contributed by atoms with Crippen molar-refractivity contribution in [3.8, 4) is 5.75 Å². The number of anilines is 1. The number of ether oxygens (including phenoxy) is 2. The minimum Gasteiger partial charge on any atom is -0.497 e. The number of fused-ring (bicyclic) bond motifs is 1. The van der Waals surface area contributed by atoms with Crippen LogP contribution in [0.5, 0.6) is 5.75 Å². The van der Waals surface area contributed by atoms with E-state index in [2.05, 4.69) is 5.32 Å². The molecule has 1 heterocycles. The number of carbonyl (C=O) groups excluding carboxylic acids is 4. The SMILES string of the molecule is COc1ccc(NC(=O)COC(=O)[C@H](C)N2C(=O)[C@H]3CCCC[C@H]3C2=O)cc1. The number of hydrogen-bond donors (Lipinski definition) is 1. The van der Waals surface area contributed by atoms with E-state index in [1.165, 1.54) is 6.92 Å².